The van der Waals surface area contributed by atoms with Crippen LogP contribution >= 0.6 is 0 Å². The lowest BCUT2D eigenvalue weighted by Crippen LogP contribution is -1.91. The number of rotatable bonds is 2. The molecule has 0 bridgehead atoms. The summed E-state index contributed by atoms with van der Waals surface area (Å²) in [6.07, 6.45) is 1.30. The second kappa shape index (κ2) is 6.27. The van der Waals surface area contributed by atoms with E-state index in [0.29, 0.717) is 27.8 Å². The van der Waals surface area contributed by atoms with Gasteiger partial charge in [0.05, 0.1) is 16.5 Å². The fraction of sp³-hybridized carbons (Fsp3) is 0.0833. The molecule has 0 aliphatic rings. The number of nitrogens with zero attached hydrogens (tertiary/aromatic N) is 2. The highest BCUT2D eigenvalue weighted by molar-refractivity contribution is 6.08. The molecular formula is C24H17FN2O. The Bertz CT molecular complexity index is 1540. The average Bonchev–Trinajstić information content (AvgIpc) is 3.18. The van der Waals surface area contributed by atoms with E-state index in [4.69, 9.17) is 12.6 Å². The van der Waals surface area contributed by atoms with Crippen LogP contribution in [0, 0.1) is 19.5 Å². The maximum atomic E-state index is 14.9. The number of halogens is 1. The van der Waals surface area contributed by atoms with Crippen molar-refractivity contribution in [2.75, 3.05) is 0 Å². The van der Waals surface area contributed by atoms with Crippen LogP contribution in [-0.2, 0) is 0 Å². The van der Waals surface area contributed by atoms with Crippen LogP contribution in [0.3, 0.4) is 0 Å². The zero-order valence-corrected chi connectivity index (χ0v) is 14.5. The second-order valence-corrected chi connectivity index (χ2v) is 6.43. The van der Waals surface area contributed by atoms with Crippen molar-refractivity contribution in [1.82, 2.24) is 9.97 Å². The van der Waals surface area contributed by atoms with Gasteiger partial charge in [0.25, 0.3) is 0 Å². The topological polar surface area (TPSA) is 38.9 Å². The molecule has 0 atom stereocenters. The van der Waals surface area contributed by atoms with Gasteiger partial charge in [-0.2, -0.15) is 0 Å². The van der Waals surface area contributed by atoms with E-state index in [9.17, 15) is 4.39 Å². The summed E-state index contributed by atoms with van der Waals surface area (Å²) in [5.74, 6) is -0.552. The van der Waals surface area contributed by atoms with Crippen molar-refractivity contribution in [3.05, 3.63) is 83.9 Å². The van der Waals surface area contributed by atoms with Crippen LogP contribution in [0.5, 0.6) is 0 Å². The summed E-state index contributed by atoms with van der Waals surface area (Å²) in [7, 11) is 0. The lowest BCUT2D eigenvalue weighted by Gasteiger charge is -2.09. The van der Waals surface area contributed by atoms with Gasteiger partial charge in [-0.3, -0.25) is 4.98 Å². The van der Waals surface area contributed by atoms with Gasteiger partial charge in [-0.25, -0.2) is 9.37 Å². The number of pyridine rings is 2. The predicted octanol–water partition coefficient (Wildman–Crippen LogP) is 6.47. The maximum absolute atomic E-state index is 14.9. The SMILES string of the molecule is [2H]C([2H])([2H])c1ccc2c(n1)oc1c(-c3cc(-c4ccccc4)c(C([2H])([2H])[2H])cn3)ccc(F)c12. The number of aryl methyl sites for hydroxylation is 2. The summed E-state index contributed by atoms with van der Waals surface area (Å²) in [4.78, 5) is 8.44. The molecule has 5 aromatic rings. The molecule has 4 heteroatoms. The molecule has 0 unspecified atom stereocenters. The third-order valence-corrected chi connectivity index (χ3v) is 4.70. The summed E-state index contributed by atoms with van der Waals surface area (Å²) in [5.41, 5.74) is 2.06. The number of hydrogen-bond donors (Lipinski definition) is 0. The highest BCUT2D eigenvalue weighted by atomic mass is 19.1. The van der Waals surface area contributed by atoms with E-state index in [0.717, 1.165) is 0 Å². The normalized spacial score (nSPS) is 15.5. The number of furan rings is 1. The predicted molar refractivity (Wildman–Crippen MR) is 110 cm³/mol. The molecular weight excluding hydrogens is 351 g/mol. The van der Waals surface area contributed by atoms with Gasteiger partial charge < -0.3 is 4.42 Å². The molecule has 3 heterocycles. The van der Waals surface area contributed by atoms with Gasteiger partial charge in [0.2, 0.25) is 5.71 Å². The van der Waals surface area contributed by atoms with Gasteiger partial charge in [-0.15, -0.1) is 0 Å². The Hall–Kier alpha value is -3.53. The van der Waals surface area contributed by atoms with E-state index in [1.807, 2.05) is 18.2 Å². The summed E-state index contributed by atoms with van der Waals surface area (Å²) in [5, 5.41) is 0.491. The van der Waals surface area contributed by atoms with Crippen molar-refractivity contribution in [2.24, 2.45) is 0 Å². The molecule has 0 N–H and O–H groups in total. The number of benzene rings is 2. The van der Waals surface area contributed by atoms with Crippen molar-refractivity contribution < 1.29 is 17.0 Å². The quantitative estimate of drug-likeness (QED) is 0.356. The monoisotopic (exact) mass is 374 g/mol. The zero-order chi connectivity index (χ0) is 24.3. The van der Waals surface area contributed by atoms with Gasteiger partial charge in [0.1, 0.15) is 11.4 Å². The van der Waals surface area contributed by atoms with Crippen molar-refractivity contribution in [3.63, 3.8) is 0 Å². The van der Waals surface area contributed by atoms with Crippen LogP contribution in [0.1, 0.15) is 19.5 Å². The van der Waals surface area contributed by atoms with Crippen molar-refractivity contribution in [1.29, 1.82) is 0 Å². The van der Waals surface area contributed by atoms with Crippen LogP contribution in [0.4, 0.5) is 4.39 Å². The minimum atomic E-state index is -2.44. The molecule has 0 spiro atoms. The Kier molecular flexibility index (Phi) is 2.54. The van der Waals surface area contributed by atoms with Crippen LogP contribution in [0.25, 0.3) is 44.5 Å². The summed E-state index contributed by atoms with van der Waals surface area (Å²) in [6.45, 7) is -4.82. The molecule has 2 aromatic carbocycles. The molecule has 0 aliphatic heterocycles. The molecule has 0 saturated heterocycles. The van der Waals surface area contributed by atoms with E-state index in [2.05, 4.69) is 9.97 Å². The lowest BCUT2D eigenvalue weighted by molar-refractivity contribution is 0.631. The first-order chi connectivity index (χ1) is 16.0. The smallest absolute Gasteiger partial charge is 0.227 e. The second-order valence-electron chi connectivity index (χ2n) is 6.43. The highest BCUT2D eigenvalue weighted by Gasteiger charge is 2.18. The van der Waals surface area contributed by atoms with Crippen LogP contribution < -0.4 is 0 Å². The molecule has 28 heavy (non-hydrogen) atoms. The minimum Gasteiger partial charge on any atom is -0.437 e. The molecule has 0 amide bonds. The van der Waals surface area contributed by atoms with Crippen LogP contribution in [-0.4, -0.2) is 9.97 Å². The van der Waals surface area contributed by atoms with E-state index in [1.165, 1.54) is 30.5 Å². The van der Waals surface area contributed by atoms with Gasteiger partial charge >= 0.3 is 0 Å². The Labute approximate surface area is 169 Å². The third kappa shape index (κ3) is 2.57. The first kappa shape index (κ1) is 11.3. The molecule has 0 fully saturated rings. The van der Waals surface area contributed by atoms with E-state index in [1.54, 1.807) is 18.2 Å². The highest BCUT2D eigenvalue weighted by Crippen LogP contribution is 2.37. The molecule has 3 nitrogen and oxygen atoms in total. The molecule has 3 aromatic heterocycles. The first-order valence-electron chi connectivity index (χ1n) is 11.6. The summed E-state index contributed by atoms with van der Waals surface area (Å²) >= 11 is 0. The van der Waals surface area contributed by atoms with Gasteiger partial charge in [0.15, 0.2) is 0 Å². The zero-order valence-electron chi connectivity index (χ0n) is 20.5. The number of fused-ring (bicyclic) bond motifs is 3. The van der Waals surface area contributed by atoms with Crippen molar-refractivity contribution in [2.45, 2.75) is 13.7 Å². The molecule has 0 aliphatic carbocycles. The van der Waals surface area contributed by atoms with Gasteiger partial charge in [-0.05, 0) is 60.7 Å². The molecule has 0 radical (unpaired) electrons. The fourth-order valence-corrected chi connectivity index (χ4v) is 3.38. The van der Waals surface area contributed by atoms with Crippen LogP contribution in [0.15, 0.2) is 71.3 Å². The Morgan fingerprint density at radius 1 is 0.964 bits per heavy atom. The van der Waals surface area contributed by atoms with Crippen molar-refractivity contribution >= 4 is 22.1 Å². The number of hydrogen-bond acceptors (Lipinski definition) is 3. The molecule has 5 rings (SSSR count). The lowest BCUT2D eigenvalue weighted by atomic mass is 9.99. The molecule has 0 saturated carbocycles. The first-order valence-corrected chi connectivity index (χ1v) is 8.62. The standard InChI is InChI=1S/C24H17FN2O/c1-14-13-26-21(12-19(14)16-6-4-3-5-7-16)17-10-11-20(25)22-18-9-8-15(2)27-24(18)28-23(17)22/h3-13H,1-2H3/i1D3,2D3. The summed E-state index contributed by atoms with van der Waals surface area (Å²) in [6, 6.07) is 16.3. The van der Waals surface area contributed by atoms with Crippen molar-refractivity contribution in [3.8, 4) is 22.4 Å². The minimum absolute atomic E-state index is 0.00244. The van der Waals surface area contributed by atoms with Gasteiger partial charge in [0, 0.05) is 25.7 Å². The van der Waals surface area contributed by atoms with E-state index >= 15 is 0 Å². The van der Waals surface area contributed by atoms with E-state index in [-0.39, 0.29) is 27.9 Å². The fourth-order valence-electron chi connectivity index (χ4n) is 3.38. The largest absolute Gasteiger partial charge is 0.437 e. The molecule has 136 valence electrons. The number of aromatic nitrogens is 2. The Morgan fingerprint density at radius 2 is 1.86 bits per heavy atom. The maximum Gasteiger partial charge on any atom is 0.227 e. The van der Waals surface area contributed by atoms with Crippen LogP contribution in [0.2, 0.25) is 0 Å². The summed E-state index contributed by atoms with van der Waals surface area (Å²) < 4.78 is 67.2. The Morgan fingerprint density at radius 3 is 2.68 bits per heavy atom. The van der Waals surface area contributed by atoms with E-state index < -0.39 is 19.5 Å². The Balaban J connectivity index is 1.77. The van der Waals surface area contributed by atoms with Gasteiger partial charge in [-0.1, -0.05) is 30.3 Å². The third-order valence-electron chi connectivity index (χ3n) is 4.70. The average molecular weight is 374 g/mol.